The number of benzene rings is 2. The lowest BCUT2D eigenvalue weighted by Crippen LogP contribution is -2.50. The van der Waals surface area contributed by atoms with Gasteiger partial charge in [-0.1, -0.05) is 11.6 Å². The minimum atomic E-state index is -3.99. The normalized spacial score (nSPS) is 14.6. The molecule has 0 radical (unpaired) electrons. The van der Waals surface area contributed by atoms with Crippen LogP contribution in [0.25, 0.3) is 0 Å². The molecule has 1 aromatic heterocycles. The van der Waals surface area contributed by atoms with Gasteiger partial charge in [-0.05, 0) is 72.8 Å². The molecule has 0 atom stereocenters. The number of nitriles is 1. The highest BCUT2D eigenvalue weighted by molar-refractivity contribution is 7.89. The first kappa shape index (κ1) is 24.2. The Labute approximate surface area is 207 Å². The maximum atomic E-state index is 13.6. The van der Waals surface area contributed by atoms with Gasteiger partial charge >= 0.3 is 0 Å². The van der Waals surface area contributed by atoms with Crippen molar-refractivity contribution in [2.75, 3.05) is 26.2 Å². The second-order valence-corrected chi connectivity index (χ2v) is 11.2. The lowest BCUT2D eigenvalue weighted by molar-refractivity contribution is 0.0702. The number of sulfonamides is 1. The molecule has 0 bridgehead atoms. The molecule has 10 heteroatoms. The molecule has 3 aromatic rings. The highest BCUT2D eigenvalue weighted by Crippen LogP contribution is 2.34. The number of hydrogen-bond donors (Lipinski definition) is 0. The van der Waals surface area contributed by atoms with E-state index in [1.165, 1.54) is 33.8 Å². The van der Waals surface area contributed by atoms with E-state index in [0.717, 1.165) is 11.1 Å². The number of nitrogens with zero attached hydrogens (tertiary/aromatic N) is 3. The van der Waals surface area contributed by atoms with Gasteiger partial charge < -0.3 is 9.64 Å². The molecule has 0 saturated carbocycles. The third-order valence-electron chi connectivity index (χ3n) is 5.52. The Balaban J connectivity index is 1.59. The van der Waals surface area contributed by atoms with Crippen molar-refractivity contribution in [3.63, 3.8) is 0 Å². The minimum Gasteiger partial charge on any atom is -0.456 e. The van der Waals surface area contributed by atoms with Gasteiger partial charge in [-0.3, -0.25) is 4.79 Å². The van der Waals surface area contributed by atoms with Crippen LogP contribution in [0.15, 0.2) is 52.7 Å². The first-order chi connectivity index (χ1) is 16.2. The summed E-state index contributed by atoms with van der Waals surface area (Å²) < 4.78 is 34.4. The van der Waals surface area contributed by atoms with Crippen molar-refractivity contribution >= 4 is 38.9 Å². The number of ether oxygens (including phenoxy) is 1. The molecule has 4 rings (SSSR count). The summed E-state index contributed by atoms with van der Waals surface area (Å²) in [5.74, 6) is 0.414. The molecular weight excluding hydrogens is 494 g/mol. The quantitative estimate of drug-likeness (QED) is 0.485. The Kier molecular flexibility index (Phi) is 6.96. The number of amides is 1. The van der Waals surface area contributed by atoms with Gasteiger partial charge in [-0.25, -0.2) is 8.42 Å². The van der Waals surface area contributed by atoms with Crippen LogP contribution in [0.2, 0.25) is 5.02 Å². The van der Waals surface area contributed by atoms with Crippen LogP contribution in [-0.2, 0) is 10.0 Å². The summed E-state index contributed by atoms with van der Waals surface area (Å²) in [6.07, 6.45) is 0. The van der Waals surface area contributed by atoms with E-state index < -0.39 is 10.0 Å². The third kappa shape index (κ3) is 4.95. The zero-order valence-electron chi connectivity index (χ0n) is 18.6. The molecule has 0 N–H and O–H groups in total. The topological polar surface area (TPSA) is 90.7 Å². The van der Waals surface area contributed by atoms with Crippen LogP contribution in [-0.4, -0.2) is 49.7 Å². The maximum absolute atomic E-state index is 13.6. The average Bonchev–Trinajstić information content (AvgIpc) is 3.24. The zero-order valence-corrected chi connectivity index (χ0v) is 21.0. The number of thiophene rings is 1. The molecule has 1 aliphatic heterocycles. The Morgan fingerprint density at radius 3 is 2.44 bits per heavy atom. The molecule has 0 spiro atoms. The summed E-state index contributed by atoms with van der Waals surface area (Å²) in [5.41, 5.74) is 1.98. The second-order valence-electron chi connectivity index (χ2n) is 7.97. The minimum absolute atomic E-state index is 0.0867. The van der Waals surface area contributed by atoms with E-state index in [0.29, 0.717) is 15.6 Å². The van der Waals surface area contributed by atoms with Crippen LogP contribution >= 0.6 is 22.9 Å². The number of aryl methyl sites for hydroxylation is 2. The largest absolute Gasteiger partial charge is 0.456 e. The van der Waals surface area contributed by atoms with Crippen molar-refractivity contribution in [1.82, 2.24) is 9.21 Å². The van der Waals surface area contributed by atoms with Gasteiger partial charge in [0.15, 0.2) is 0 Å². The fourth-order valence-electron chi connectivity index (χ4n) is 3.76. The van der Waals surface area contributed by atoms with Crippen molar-refractivity contribution < 1.29 is 17.9 Å². The maximum Gasteiger partial charge on any atom is 0.264 e. The molecule has 1 aliphatic rings. The Morgan fingerprint density at radius 1 is 1.09 bits per heavy atom. The Morgan fingerprint density at radius 2 is 1.82 bits per heavy atom. The number of piperazine rings is 1. The van der Waals surface area contributed by atoms with Crippen molar-refractivity contribution in [3.05, 3.63) is 74.4 Å². The molecule has 7 nitrogen and oxygen atoms in total. The molecule has 0 unspecified atom stereocenters. The van der Waals surface area contributed by atoms with E-state index in [9.17, 15) is 18.5 Å². The Bertz CT molecular complexity index is 1370. The molecule has 2 heterocycles. The predicted molar refractivity (Wildman–Crippen MR) is 131 cm³/mol. The molecule has 34 heavy (non-hydrogen) atoms. The first-order valence-corrected chi connectivity index (χ1v) is 13.2. The van der Waals surface area contributed by atoms with Gasteiger partial charge in [0.2, 0.25) is 10.0 Å². The summed E-state index contributed by atoms with van der Waals surface area (Å²) in [6.45, 7) is 4.58. The number of hydrogen-bond acceptors (Lipinski definition) is 6. The van der Waals surface area contributed by atoms with Gasteiger partial charge in [0.25, 0.3) is 5.91 Å². The SMILES string of the molecule is Cc1cc(Cl)cc(Oc2ccc(C#N)cc2S(=O)(=O)N2CCN(C(=O)c3sccc3C)CC2)c1. The monoisotopic (exact) mass is 515 g/mol. The van der Waals surface area contributed by atoms with Gasteiger partial charge in [0.1, 0.15) is 16.4 Å². The lowest BCUT2D eigenvalue weighted by atomic mass is 10.2. The summed E-state index contributed by atoms with van der Waals surface area (Å²) in [7, 11) is -3.99. The number of rotatable bonds is 5. The molecule has 2 aromatic carbocycles. The summed E-state index contributed by atoms with van der Waals surface area (Å²) in [4.78, 5) is 15.0. The molecule has 176 valence electrons. The van der Waals surface area contributed by atoms with Gasteiger partial charge in [-0.15, -0.1) is 11.3 Å². The fraction of sp³-hybridized carbons (Fsp3) is 0.250. The second kappa shape index (κ2) is 9.76. The molecule has 0 aliphatic carbocycles. The lowest BCUT2D eigenvalue weighted by Gasteiger charge is -2.34. The summed E-state index contributed by atoms with van der Waals surface area (Å²) in [5, 5.41) is 11.7. The van der Waals surface area contributed by atoms with Crippen LogP contribution < -0.4 is 4.74 Å². The van der Waals surface area contributed by atoms with Gasteiger partial charge in [0, 0.05) is 31.2 Å². The number of carbonyl (C=O) groups excluding carboxylic acids is 1. The molecular formula is C24H22ClN3O4S2. The molecule has 1 fully saturated rings. The standard InChI is InChI=1S/C24H22ClN3O4S2/c1-16-11-19(25)14-20(12-16)32-21-4-3-18(15-26)13-22(21)34(30,31)28-8-6-27(7-9-28)24(29)23-17(2)5-10-33-23/h3-5,10-14H,6-9H2,1-2H3. The van der Waals surface area contributed by atoms with Crippen molar-refractivity contribution in [1.29, 1.82) is 5.26 Å². The summed E-state index contributed by atoms with van der Waals surface area (Å²) >= 11 is 7.50. The third-order valence-corrected chi connectivity index (χ3v) is 8.66. The molecule has 1 amide bonds. The van der Waals surface area contributed by atoms with Crippen LogP contribution in [0.3, 0.4) is 0 Å². The van der Waals surface area contributed by atoms with E-state index in [-0.39, 0.29) is 48.3 Å². The zero-order chi connectivity index (χ0) is 24.5. The van der Waals surface area contributed by atoms with E-state index in [2.05, 4.69) is 0 Å². The van der Waals surface area contributed by atoms with Crippen molar-refractivity contribution in [3.8, 4) is 17.6 Å². The number of halogens is 1. The molecule has 1 saturated heterocycles. The van der Waals surface area contributed by atoms with Gasteiger partial charge in [-0.2, -0.15) is 9.57 Å². The summed E-state index contributed by atoms with van der Waals surface area (Å²) in [6, 6.07) is 13.3. The number of carbonyl (C=O) groups is 1. The van der Waals surface area contributed by atoms with E-state index >= 15 is 0 Å². The van der Waals surface area contributed by atoms with Crippen LogP contribution in [0.4, 0.5) is 0 Å². The average molecular weight is 516 g/mol. The van der Waals surface area contributed by atoms with Crippen molar-refractivity contribution in [2.24, 2.45) is 0 Å². The van der Waals surface area contributed by atoms with E-state index in [4.69, 9.17) is 16.3 Å². The van der Waals surface area contributed by atoms with E-state index in [1.54, 1.807) is 23.1 Å². The Hall–Kier alpha value is -2.90. The first-order valence-electron chi connectivity index (χ1n) is 10.5. The smallest absolute Gasteiger partial charge is 0.264 e. The van der Waals surface area contributed by atoms with Crippen LogP contribution in [0, 0.1) is 25.2 Å². The van der Waals surface area contributed by atoms with Crippen molar-refractivity contribution in [2.45, 2.75) is 18.7 Å². The van der Waals surface area contributed by atoms with Gasteiger partial charge in [0.05, 0.1) is 16.5 Å². The fourth-order valence-corrected chi connectivity index (χ4v) is 6.49. The predicted octanol–water partition coefficient (Wildman–Crippen LogP) is 4.83. The van der Waals surface area contributed by atoms with E-state index in [1.807, 2.05) is 31.4 Å². The highest BCUT2D eigenvalue weighted by atomic mass is 35.5. The van der Waals surface area contributed by atoms with Crippen LogP contribution in [0.1, 0.15) is 26.4 Å². The van der Waals surface area contributed by atoms with Crippen LogP contribution in [0.5, 0.6) is 11.5 Å². The highest BCUT2D eigenvalue weighted by Gasteiger charge is 2.33.